The van der Waals surface area contributed by atoms with E-state index < -0.39 is 0 Å². The van der Waals surface area contributed by atoms with Crippen molar-refractivity contribution in [2.75, 3.05) is 39.9 Å². The van der Waals surface area contributed by atoms with Crippen LogP contribution in [0.25, 0.3) is 0 Å². The zero-order chi connectivity index (χ0) is 12.6. The highest BCUT2D eigenvalue weighted by Crippen LogP contribution is 2.21. The molecule has 17 heavy (non-hydrogen) atoms. The first-order chi connectivity index (χ1) is 8.26. The molecule has 0 saturated carbocycles. The quantitative estimate of drug-likeness (QED) is 0.711. The van der Waals surface area contributed by atoms with Crippen LogP contribution in [0.3, 0.4) is 0 Å². The number of methoxy groups -OCH3 is 1. The van der Waals surface area contributed by atoms with E-state index in [0.29, 0.717) is 6.61 Å². The van der Waals surface area contributed by atoms with E-state index in [4.69, 9.17) is 4.74 Å². The van der Waals surface area contributed by atoms with E-state index in [-0.39, 0.29) is 5.54 Å². The minimum Gasteiger partial charge on any atom is -0.383 e. The lowest BCUT2D eigenvalue weighted by Gasteiger charge is -2.26. The van der Waals surface area contributed by atoms with Crippen LogP contribution < -0.4 is 5.32 Å². The van der Waals surface area contributed by atoms with Gasteiger partial charge < -0.3 is 9.64 Å². The lowest BCUT2D eigenvalue weighted by Crippen LogP contribution is -2.46. The molecule has 0 aromatic heterocycles. The minimum atomic E-state index is -0.332. The van der Waals surface area contributed by atoms with Gasteiger partial charge in [0.25, 0.3) is 0 Å². The summed E-state index contributed by atoms with van der Waals surface area (Å²) in [5, 5.41) is 12.8. The normalized spacial score (nSPS) is 26.4. The molecule has 4 nitrogen and oxygen atoms in total. The van der Waals surface area contributed by atoms with Crippen molar-refractivity contribution >= 4 is 0 Å². The fraction of sp³-hybridized carbons (Fsp3) is 0.923. The molecule has 1 heterocycles. The van der Waals surface area contributed by atoms with Crippen molar-refractivity contribution < 1.29 is 4.74 Å². The van der Waals surface area contributed by atoms with E-state index in [1.807, 2.05) is 0 Å². The van der Waals surface area contributed by atoms with E-state index in [0.717, 1.165) is 45.4 Å². The SMILES string of the molecule is CCCN1CCCC(C#N)(NCCOC)CC1. The van der Waals surface area contributed by atoms with Crippen LogP contribution in [-0.4, -0.2) is 50.3 Å². The van der Waals surface area contributed by atoms with Crippen molar-refractivity contribution in [3.05, 3.63) is 0 Å². The summed E-state index contributed by atoms with van der Waals surface area (Å²) in [6, 6.07) is 2.49. The fourth-order valence-corrected chi connectivity index (χ4v) is 2.45. The van der Waals surface area contributed by atoms with Crippen LogP contribution in [-0.2, 0) is 4.74 Å². The summed E-state index contributed by atoms with van der Waals surface area (Å²) in [4.78, 5) is 2.47. The molecule has 1 atom stereocenters. The molecule has 1 fully saturated rings. The van der Waals surface area contributed by atoms with E-state index in [1.165, 1.54) is 6.42 Å². The number of ether oxygens (including phenoxy) is 1. The van der Waals surface area contributed by atoms with Gasteiger partial charge in [-0.15, -0.1) is 0 Å². The zero-order valence-corrected chi connectivity index (χ0v) is 11.2. The van der Waals surface area contributed by atoms with E-state index in [2.05, 4.69) is 23.2 Å². The molecule has 1 saturated heterocycles. The van der Waals surface area contributed by atoms with Crippen molar-refractivity contribution in [2.45, 2.75) is 38.1 Å². The number of nitriles is 1. The summed E-state index contributed by atoms with van der Waals surface area (Å²) in [5.74, 6) is 0. The first-order valence-corrected chi connectivity index (χ1v) is 6.64. The number of nitrogens with one attached hydrogen (secondary N) is 1. The van der Waals surface area contributed by atoms with Gasteiger partial charge in [-0.2, -0.15) is 5.26 Å². The predicted octanol–water partition coefficient (Wildman–Crippen LogP) is 1.38. The smallest absolute Gasteiger partial charge is 0.108 e. The number of hydrogen-bond acceptors (Lipinski definition) is 4. The number of hydrogen-bond donors (Lipinski definition) is 1. The molecule has 0 aliphatic carbocycles. The Labute approximate surface area is 105 Å². The van der Waals surface area contributed by atoms with E-state index in [1.54, 1.807) is 7.11 Å². The number of likely N-dealkylation sites (tertiary alicyclic amines) is 1. The molecular weight excluding hydrogens is 214 g/mol. The lowest BCUT2D eigenvalue weighted by molar-refractivity contribution is 0.187. The molecule has 0 aromatic carbocycles. The van der Waals surface area contributed by atoms with E-state index >= 15 is 0 Å². The highest BCUT2D eigenvalue weighted by molar-refractivity contribution is 5.08. The molecule has 0 bridgehead atoms. The van der Waals surface area contributed by atoms with Gasteiger partial charge in [-0.25, -0.2) is 0 Å². The molecular formula is C13H25N3O. The molecule has 0 spiro atoms. The third-order valence-corrected chi connectivity index (χ3v) is 3.46. The Kier molecular flexibility index (Phi) is 6.49. The Bertz CT molecular complexity index is 252. The molecule has 1 rings (SSSR count). The molecule has 0 aromatic rings. The summed E-state index contributed by atoms with van der Waals surface area (Å²) in [6.07, 6.45) is 4.17. The Balaban J connectivity index is 2.47. The van der Waals surface area contributed by atoms with Gasteiger partial charge in [0.2, 0.25) is 0 Å². The van der Waals surface area contributed by atoms with Crippen molar-refractivity contribution in [1.82, 2.24) is 10.2 Å². The second kappa shape index (κ2) is 7.65. The molecule has 1 aliphatic heterocycles. The largest absolute Gasteiger partial charge is 0.383 e. The third kappa shape index (κ3) is 4.63. The highest BCUT2D eigenvalue weighted by Gasteiger charge is 2.31. The zero-order valence-electron chi connectivity index (χ0n) is 11.2. The molecule has 0 amide bonds. The van der Waals surface area contributed by atoms with Crippen molar-refractivity contribution in [2.24, 2.45) is 0 Å². The third-order valence-electron chi connectivity index (χ3n) is 3.46. The van der Waals surface area contributed by atoms with Gasteiger partial charge in [0.1, 0.15) is 5.54 Å². The maximum absolute atomic E-state index is 9.41. The minimum absolute atomic E-state index is 0.332. The van der Waals surface area contributed by atoms with Crippen molar-refractivity contribution in [1.29, 1.82) is 5.26 Å². The molecule has 98 valence electrons. The molecule has 1 aliphatic rings. The van der Waals surface area contributed by atoms with Gasteiger partial charge in [0, 0.05) is 20.2 Å². The molecule has 4 heteroatoms. The first kappa shape index (κ1) is 14.4. The van der Waals surface area contributed by atoms with Gasteiger partial charge in [-0.1, -0.05) is 6.92 Å². The first-order valence-electron chi connectivity index (χ1n) is 6.64. The number of rotatable bonds is 6. The van der Waals surface area contributed by atoms with Gasteiger partial charge in [0.15, 0.2) is 0 Å². The van der Waals surface area contributed by atoms with Crippen LogP contribution in [0.2, 0.25) is 0 Å². The summed E-state index contributed by atoms with van der Waals surface area (Å²) in [6.45, 7) is 6.95. The van der Waals surface area contributed by atoms with Crippen LogP contribution in [0.15, 0.2) is 0 Å². The Morgan fingerprint density at radius 1 is 1.41 bits per heavy atom. The summed E-state index contributed by atoms with van der Waals surface area (Å²) < 4.78 is 5.03. The van der Waals surface area contributed by atoms with Crippen LogP contribution >= 0.6 is 0 Å². The highest BCUT2D eigenvalue weighted by atomic mass is 16.5. The van der Waals surface area contributed by atoms with Gasteiger partial charge >= 0.3 is 0 Å². The molecule has 1 N–H and O–H groups in total. The predicted molar refractivity (Wildman–Crippen MR) is 68.8 cm³/mol. The van der Waals surface area contributed by atoms with Gasteiger partial charge in [-0.05, 0) is 38.8 Å². The van der Waals surface area contributed by atoms with Gasteiger partial charge in [0.05, 0.1) is 12.7 Å². The van der Waals surface area contributed by atoms with Crippen LogP contribution in [0.1, 0.15) is 32.6 Å². The molecule has 1 unspecified atom stereocenters. The summed E-state index contributed by atoms with van der Waals surface area (Å²) in [5.41, 5.74) is -0.332. The van der Waals surface area contributed by atoms with Crippen LogP contribution in [0.4, 0.5) is 0 Å². The monoisotopic (exact) mass is 239 g/mol. The average molecular weight is 239 g/mol. The standard InChI is InChI=1S/C13H25N3O/c1-3-8-16-9-4-5-13(12-14,6-10-16)15-7-11-17-2/h15H,3-11H2,1-2H3. The Morgan fingerprint density at radius 2 is 2.24 bits per heavy atom. The van der Waals surface area contributed by atoms with Crippen molar-refractivity contribution in [3.63, 3.8) is 0 Å². The summed E-state index contributed by atoms with van der Waals surface area (Å²) >= 11 is 0. The average Bonchev–Trinajstić information content (AvgIpc) is 2.54. The van der Waals surface area contributed by atoms with Crippen LogP contribution in [0, 0.1) is 11.3 Å². The van der Waals surface area contributed by atoms with Crippen molar-refractivity contribution in [3.8, 4) is 6.07 Å². The fourth-order valence-electron chi connectivity index (χ4n) is 2.45. The Morgan fingerprint density at radius 3 is 2.88 bits per heavy atom. The topological polar surface area (TPSA) is 48.3 Å². The lowest BCUT2D eigenvalue weighted by atomic mass is 9.92. The Hall–Kier alpha value is -0.630. The van der Waals surface area contributed by atoms with E-state index in [9.17, 15) is 5.26 Å². The maximum Gasteiger partial charge on any atom is 0.108 e. The van der Waals surface area contributed by atoms with Gasteiger partial charge in [-0.3, -0.25) is 5.32 Å². The number of nitrogens with zero attached hydrogens (tertiary/aromatic N) is 2. The maximum atomic E-state index is 9.41. The second-order valence-corrected chi connectivity index (χ2v) is 4.81. The molecule has 0 radical (unpaired) electrons. The second-order valence-electron chi connectivity index (χ2n) is 4.81. The summed E-state index contributed by atoms with van der Waals surface area (Å²) in [7, 11) is 1.69. The van der Waals surface area contributed by atoms with Crippen LogP contribution in [0.5, 0.6) is 0 Å².